The molecule has 0 radical (unpaired) electrons. The van der Waals surface area contributed by atoms with Gasteiger partial charge in [-0.15, -0.1) is 11.3 Å². The molecule has 0 spiro atoms. The third-order valence-electron chi connectivity index (χ3n) is 2.36. The second-order valence-electron chi connectivity index (χ2n) is 4.30. The molecule has 104 valence electrons. The molecule has 1 unspecified atom stereocenters. The zero-order chi connectivity index (χ0) is 14.0. The van der Waals surface area contributed by atoms with Crippen LogP contribution in [-0.2, 0) is 9.15 Å². The zero-order valence-corrected chi connectivity index (χ0v) is 13.5. The highest BCUT2D eigenvalue weighted by Crippen LogP contribution is 2.44. The lowest BCUT2D eigenvalue weighted by molar-refractivity contribution is 0.392. The molecule has 0 saturated heterocycles. The van der Waals surface area contributed by atoms with E-state index in [1.165, 1.54) is 11.3 Å². The monoisotopic (exact) mass is 329 g/mol. The average molecular weight is 330 g/mol. The van der Waals surface area contributed by atoms with Crippen molar-refractivity contribution in [3.8, 4) is 0 Å². The average Bonchev–Trinajstić information content (AvgIpc) is 2.59. The second-order valence-corrected chi connectivity index (χ2v) is 9.40. The highest BCUT2D eigenvalue weighted by atomic mass is 35.5. The van der Waals surface area contributed by atoms with E-state index in [-0.39, 0.29) is 0 Å². The second kappa shape index (κ2) is 6.11. The Morgan fingerprint density at radius 3 is 2.56 bits per heavy atom. The van der Waals surface area contributed by atoms with E-state index in [9.17, 15) is 8.42 Å². The van der Waals surface area contributed by atoms with E-state index in [1.54, 1.807) is 12.1 Å². The van der Waals surface area contributed by atoms with Gasteiger partial charge in [-0.2, -0.15) is 8.42 Å². The third kappa shape index (κ3) is 4.71. The maximum Gasteiger partial charge on any atom is 0.320 e. The Morgan fingerprint density at radius 1 is 1.56 bits per heavy atom. The van der Waals surface area contributed by atoms with Gasteiger partial charge < -0.3 is 5.32 Å². The molecular weight excluding hydrogens is 314 g/mol. The van der Waals surface area contributed by atoms with Crippen LogP contribution in [0.1, 0.15) is 30.9 Å². The van der Waals surface area contributed by atoms with Gasteiger partial charge in [-0.05, 0) is 32.5 Å². The number of nitrogens with one attached hydrogen (secondary N) is 1. The summed E-state index contributed by atoms with van der Waals surface area (Å²) in [7, 11) is -3.59. The van der Waals surface area contributed by atoms with E-state index in [4.69, 9.17) is 16.2 Å². The molecule has 0 aliphatic heterocycles. The molecule has 8 heteroatoms. The molecule has 0 aliphatic carbocycles. The predicted octanol–water partition coefficient (Wildman–Crippen LogP) is 3.37. The molecule has 0 aliphatic rings. The third-order valence-corrected chi connectivity index (χ3v) is 6.39. The molecule has 18 heavy (non-hydrogen) atoms. The van der Waals surface area contributed by atoms with Gasteiger partial charge in [0, 0.05) is 21.2 Å². The fourth-order valence-corrected chi connectivity index (χ4v) is 5.87. The molecule has 4 nitrogen and oxygen atoms in total. The maximum absolute atomic E-state index is 11.1. The van der Waals surface area contributed by atoms with Crippen LogP contribution in [0.5, 0.6) is 0 Å². The van der Waals surface area contributed by atoms with Crippen LogP contribution in [0.15, 0.2) is 12.1 Å². The van der Waals surface area contributed by atoms with E-state index < -0.39 is 19.9 Å². The minimum Gasteiger partial charge on any atom is -0.311 e. The van der Waals surface area contributed by atoms with Crippen LogP contribution in [-0.4, -0.2) is 25.1 Å². The Bertz CT molecular complexity index is 498. The lowest BCUT2D eigenvalue weighted by Gasteiger charge is -2.33. The highest BCUT2D eigenvalue weighted by Gasteiger charge is 2.35. The molecule has 0 saturated carbocycles. The van der Waals surface area contributed by atoms with Crippen molar-refractivity contribution in [3.05, 3.63) is 21.3 Å². The minimum atomic E-state index is -4.12. The first kappa shape index (κ1) is 16.3. The number of hydrogen-bond acceptors (Lipinski definition) is 5. The SMILES string of the molecule is CCNC(C)(C)C(SS(=O)(=O)O)c1ccc(Cl)s1. The molecule has 1 aromatic heterocycles. The number of likely N-dealkylation sites (N-methyl/N-ethyl adjacent to an activating group) is 1. The molecule has 0 fully saturated rings. The quantitative estimate of drug-likeness (QED) is 0.618. The fraction of sp³-hybridized carbons (Fsp3) is 0.600. The lowest BCUT2D eigenvalue weighted by atomic mass is 9.99. The summed E-state index contributed by atoms with van der Waals surface area (Å²) in [6.45, 7) is 6.44. The van der Waals surface area contributed by atoms with Gasteiger partial charge >= 0.3 is 9.15 Å². The minimum absolute atomic E-state index is 0.426. The van der Waals surface area contributed by atoms with Gasteiger partial charge in [-0.3, -0.25) is 4.55 Å². The van der Waals surface area contributed by atoms with E-state index in [2.05, 4.69) is 5.32 Å². The topological polar surface area (TPSA) is 66.4 Å². The zero-order valence-electron chi connectivity index (χ0n) is 10.3. The van der Waals surface area contributed by atoms with Crippen LogP contribution < -0.4 is 5.32 Å². The molecular formula is C10H16ClNO3S3. The number of halogens is 1. The molecule has 1 atom stereocenters. The Labute approximate surface area is 120 Å². The Morgan fingerprint density at radius 2 is 2.17 bits per heavy atom. The van der Waals surface area contributed by atoms with E-state index in [1.807, 2.05) is 20.8 Å². The van der Waals surface area contributed by atoms with Crippen molar-refractivity contribution in [3.63, 3.8) is 0 Å². The molecule has 0 aromatic carbocycles. The molecule has 1 heterocycles. The number of thiophene rings is 1. The van der Waals surface area contributed by atoms with Crippen molar-refractivity contribution in [2.24, 2.45) is 0 Å². The smallest absolute Gasteiger partial charge is 0.311 e. The van der Waals surface area contributed by atoms with Crippen LogP contribution in [0, 0.1) is 0 Å². The first-order valence-electron chi connectivity index (χ1n) is 5.31. The lowest BCUT2D eigenvalue weighted by Crippen LogP contribution is -2.43. The summed E-state index contributed by atoms with van der Waals surface area (Å²) in [4.78, 5) is 0.813. The van der Waals surface area contributed by atoms with Gasteiger partial charge in [0.2, 0.25) is 0 Å². The molecule has 0 bridgehead atoms. The van der Waals surface area contributed by atoms with Crippen LogP contribution in [0.3, 0.4) is 0 Å². The van der Waals surface area contributed by atoms with E-state index >= 15 is 0 Å². The normalized spacial score (nSPS) is 14.7. The van der Waals surface area contributed by atoms with Gasteiger partial charge in [0.25, 0.3) is 0 Å². The summed E-state index contributed by atoms with van der Waals surface area (Å²) in [5.74, 6) is 0. The summed E-state index contributed by atoms with van der Waals surface area (Å²) in [6.07, 6.45) is 0. The highest BCUT2D eigenvalue weighted by molar-refractivity contribution is 8.70. The first-order valence-corrected chi connectivity index (χ1v) is 9.35. The van der Waals surface area contributed by atoms with Crippen molar-refractivity contribution in [1.29, 1.82) is 0 Å². The van der Waals surface area contributed by atoms with Gasteiger partial charge in [0.1, 0.15) is 0 Å². The summed E-state index contributed by atoms with van der Waals surface area (Å²) in [6, 6.07) is 3.51. The summed E-state index contributed by atoms with van der Waals surface area (Å²) in [5, 5.41) is 2.79. The Balaban J connectivity index is 3.10. The summed E-state index contributed by atoms with van der Waals surface area (Å²) < 4.78 is 31.9. The van der Waals surface area contributed by atoms with Crippen LogP contribution >= 0.6 is 33.7 Å². The Hall–Kier alpha value is 0.210. The van der Waals surface area contributed by atoms with Crippen molar-refractivity contribution in [2.75, 3.05) is 6.54 Å². The van der Waals surface area contributed by atoms with Gasteiger partial charge in [0.15, 0.2) is 0 Å². The van der Waals surface area contributed by atoms with Crippen molar-refractivity contribution in [2.45, 2.75) is 31.6 Å². The summed E-state index contributed by atoms with van der Waals surface area (Å²) in [5.41, 5.74) is -0.483. The molecule has 1 rings (SSSR count). The van der Waals surface area contributed by atoms with Gasteiger partial charge in [-0.25, -0.2) is 0 Å². The van der Waals surface area contributed by atoms with E-state index in [0.717, 1.165) is 4.88 Å². The largest absolute Gasteiger partial charge is 0.320 e. The van der Waals surface area contributed by atoms with Crippen LogP contribution in [0.4, 0.5) is 0 Å². The van der Waals surface area contributed by atoms with Gasteiger partial charge in [-0.1, -0.05) is 18.5 Å². The fourth-order valence-electron chi connectivity index (χ4n) is 1.66. The van der Waals surface area contributed by atoms with Gasteiger partial charge in [0.05, 0.1) is 9.59 Å². The summed E-state index contributed by atoms with van der Waals surface area (Å²) >= 11 is 7.20. The van der Waals surface area contributed by atoms with Crippen molar-refractivity contribution >= 4 is 42.9 Å². The first-order chi connectivity index (χ1) is 8.15. The van der Waals surface area contributed by atoms with Crippen LogP contribution in [0.2, 0.25) is 4.34 Å². The standard InChI is InChI=1S/C10H16ClNO3S3/c1-4-12-10(2,3)9(17-18(13,14)15)7-5-6-8(11)16-7/h5-6,9,12H,4H2,1-3H3,(H,13,14,15). The molecule has 2 N–H and O–H groups in total. The van der Waals surface area contributed by atoms with Crippen LogP contribution in [0.25, 0.3) is 0 Å². The maximum atomic E-state index is 11.1. The number of rotatable bonds is 6. The van der Waals surface area contributed by atoms with E-state index in [0.29, 0.717) is 21.7 Å². The predicted molar refractivity (Wildman–Crippen MR) is 79.0 cm³/mol. The molecule has 0 amide bonds. The van der Waals surface area contributed by atoms with Crippen molar-refractivity contribution < 1.29 is 13.0 Å². The number of hydrogen-bond donors (Lipinski definition) is 2. The molecule has 1 aromatic rings. The van der Waals surface area contributed by atoms with Crippen molar-refractivity contribution in [1.82, 2.24) is 5.32 Å². The Kier molecular flexibility index (Phi) is 5.52.